The summed E-state index contributed by atoms with van der Waals surface area (Å²) >= 11 is 3.45. The second-order valence-corrected chi connectivity index (χ2v) is 14.1. The van der Waals surface area contributed by atoms with Gasteiger partial charge in [0.2, 0.25) is 5.91 Å². The molecule has 14 heteroatoms. The van der Waals surface area contributed by atoms with E-state index in [2.05, 4.69) is 21.2 Å². The van der Waals surface area contributed by atoms with Gasteiger partial charge in [-0.15, -0.1) is 0 Å². The van der Waals surface area contributed by atoms with Crippen LogP contribution >= 0.6 is 15.9 Å². The SMILES string of the molecule is C[C@H](/C=C/CC(=O)N1Cc2ccccc2C[C@H]1CO)[C@@]1(O)C(=O)N(Cc2cccc(NC(=O)[C@H]3O[C@@H](O)[C@H](O)[C@@H](O)[C@@H]3O)c2)c2ccc(Br)cc21. The van der Waals surface area contributed by atoms with Gasteiger partial charge in [0.1, 0.15) is 18.3 Å². The Balaban J connectivity index is 1.16. The Morgan fingerprint density at radius 1 is 1.02 bits per heavy atom. The minimum atomic E-state index is -1.97. The summed E-state index contributed by atoms with van der Waals surface area (Å²) in [6, 6.07) is 19.2. The highest BCUT2D eigenvalue weighted by molar-refractivity contribution is 9.10. The molecule has 6 rings (SSSR count). The standard InChI is InChI=1S/C37H40BrN3O10/c1-20(6-4-11-29(43)40-18-23-9-3-2-8-22(23)15-26(40)19-42)37(50)27-16-24(38)12-13-28(27)41(36(37)49)17-21-7-5-10-25(14-21)39-34(47)33-31(45)30(44)32(46)35(48)51-33/h2-10,12-14,16,20,26,30-33,35,42,44-46,48,50H,11,15,17-19H2,1H3,(H,39,47)/b6-4+/t20-,26+,30+,31+,32-,33+,35-,37+/m1/s1. The fourth-order valence-electron chi connectivity index (χ4n) is 6.97. The average molecular weight is 767 g/mol. The van der Waals surface area contributed by atoms with Gasteiger partial charge in [-0.25, -0.2) is 0 Å². The van der Waals surface area contributed by atoms with Crippen molar-refractivity contribution in [2.24, 2.45) is 5.92 Å². The van der Waals surface area contributed by atoms with E-state index in [0.29, 0.717) is 34.3 Å². The Morgan fingerprint density at radius 2 is 1.76 bits per heavy atom. The molecule has 0 unspecified atom stereocenters. The van der Waals surface area contributed by atoms with E-state index < -0.39 is 54.0 Å². The third kappa shape index (κ3) is 7.10. The zero-order valence-electron chi connectivity index (χ0n) is 27.7. The van der Waals surface area contributed by atoms with Gasteiger partial charge in [-0.05, 0) is 53.4 Å². The summed E-state index contributed by atoms with van der Waals surface area (Å²) in [4.78, 5) is 43.4. The van der Waals surface area contributed by atoms with E-state index >= 15 is 0 Å². The second-order valence-electron chi connectivity index (χ2n) is 13.2. The Labute approximate surface area is 302 Å². The molecule has 51 heavy (non-hydrogen) atoms. The molecule has 0 bridgehead atoms. The lowest BCUT2D eigenvalue weighted by molar-refractivity contribution is -0.274. The molecule has 8 atom stereocenters. The van der Waals surface area contributed by atoms with Crippen molar-refractivity contribution in [1.29, 1.82) is 0 Å². The molecule has 270 valence electrons. The Morgan fingerprint density at radius 3 is 2.51 bits per heavy atom. The summed E-state index contributed by atoms with van der Waals surface area (Å²) in [7, 11) is 0. The molecule has 3 aliphatic rings. The average Bonchev–Trinajstić information content (AvgIpc) is 3.33. The molecule has 7 N–H and O–H groups in total. The van der Waals surface area contributed by atoms with Crippen molar-refractivity contribution in [1.82, 2.24) is 4.90 Å². The fourth-order valence-corrected chi connectivity index (χ4v) is 7.33. The molecule has 3 amide bonds. The van der Waals surface area contributed by atoms with E-state index in [1.165, 1.54) is 4.90 Å². The van der Waals surface area contributed by atoms with Gasteiger partial charge in [0, 0.05) is 34.6 Å². The fraction of sp³-hybridized carbons (Fsp3) is 0.378. The van der Waals surface area contributed by atoms with Crippen LogP contribution in [0.15, 0.2) is 83.4 Å². The number of amides is 3. The first-order chi connectivity index (χ1) is 24.3. The summed E-state index contributed by atoms with van der Waals surface area (Å²) < 4.78 is 5.67. The molecule has 1 saturated heterocycles. The summed E-state index contributed by atoms with van der Waals surface area (Å²) in [5.41, 5.74) is 1.88. The Bertz CT molecular complexity index is 1840. The van der Waals surface area contributed by atoms with Crippen molar-refractivity contribution in [3.05, 3.63) is 106 Å². The van der Waals surface area contributed by atoms with Crippen LogP contribution in [0.3, 0.4) is 0 Å². The van der Waals surface area contributed by atoms with Crippen LogP contribution < -0.4 is 10.2 Å². The molecule has 0 radical (unpaired) electrons. The van der Waals surface area contributed by atoms with E-state index in [9.17, 15) is 45.0 Å². The number of fused-ring (bicyclic) bond motifs is 2. The Hall–Kier alpha value is -3.99. The quantitative estimate of drug-likeness (QED) is 0.157. The highest BCUT2D eigenvalue weighted by Crippen LogP contribution is 2.47. The van der Waals surface area contributed by atoms with Crippen molar-refractivity contribution in [3.8, 4) is 0 Å². The smallest absolute Gasteiger partial charge is 0.264 e. The number of hydrogen-bond acceptors (Lipinski definition) is 10. The molecule has 1 fully saturated rings. The minimum absolute atomic E-state index is 0.0135. The first kappa shape index (κ1) is 36.8. The molecule has 0 aromatic heterocycles. The normalized spacial score (nSPS) is 28.0. The topological polar surface area (TPSA) is 200 Å². The number of hydrogen-bond donors (Lipinski definition) is 7. The first-order valence-corrected chi connectivity index (χ1v) is 17.4. The minimum Gasteiger partial charge on any atom is -0.394 e. The van der Waals surface area contributed by atoms with E-state index in [0.717, 1.165) is 11.1 Å². The van der Waals surface area contributed by atoms with E-state index in [4.69, 9.17) is 4.74 Å². The predicted octanol–water partition coefficient (Wildman–Crippen LogP) is 1.45. The second kappa shape index (κ2) is 14.9. The van der Waals surface area contributed by atoms with Crippen LogP contribution in [0.2, 0.25) is 0 Å². The van der Waals surface area contributed by atoms with Crippen LogP contribution in [0, 0.1) is 5.92 Å². The number of anilines is 2. The number of halogens is 1. The van der Waals surface area contributed by atoms with E-state index in [1.54, 1.807) is 66.4 Å². The zero-order valence-corrected chi connectivity index (χ0v) is 29.3. The van der Waals surface area contributed by atoms with Gasteiger partial charge in [-0.3, -0.25) is 14.4 Å². The lowest BCUT2D eigenvalue weighted by Gasteiger charge is -2.37. The van der Waals surface area contributed by atoms with Gasteiger partial charge in [0.25, 0.3) is 11.8 Å². The molecule has 13 nitrogen and oxygen atoms in total. The van der Waals surface area contributed by atoms with Gasteiger partial charge in [-0.2, -0.15) is 0 Å². The van der Waals surface area contributed by atoms with Crippen molar-refractivity contribution >= 4 is 45.0 Å². The van der Waals surface area contributed by atoms with Crippen molar-refractivity contribution in [2.75, 3.05) is 16.8 Å². The number of nitrogens with zero attached hydrogens (tertiary/aromatic N) is 2. The molecular formula is C37H40BrN3O10. The molecule has 3 aliphatic heterocycles. The molecule has 3 aromatic carbocycles. The van der Waals surface area contributed by atoms with Crippen LogP contribution in [0.5, 0.6) is 0 Å². The maximum atomic E-state index is 14.1. The van der Waals surface area contributed by atoms with Gasteiger partial charge < -0.3 is 50.5 Å². The van der Waals surface area contributed by atoms with Gasteiger partial charge in [-0.1, -0.05) is 71.4 Å². The van der Waals surface area contributed by atoms with Crippen LogP contribution in [0.1, 0.15) is 35.6 Å². The lowest BCUT2D eigenvalue weighted by atomic mass is 9.83. The van der Waals surface area contributed by atoms with Crippen molar-refractivity contribution < 1.29 is 49.8 Å². The monoisotopic (exact) mass is 765 g/mol. The van der Waals surface area contributed by atoms with Crippen LogP contribution in [-0.4, -0.2) is 96.6 Å². The predicted molar refractivity (Wildman–Crippen MR) is 188 cm³/mol. The number of benzene rings is 3. The highest BCUT2D eigenvalue weighted by Gasteiger charge is 2.52. The number of aliphatic hydroxyl groups excluding tert-OH is 5. The van der Waals surface area contributed by atoms with Crippen LogP contribution in [-0.2, 0) is 44.2 Å². The summed E-state index contributed by atoms with van der Waals surface area (Å²) in [5, 5.41) is 64.4. The van der Waals surface area contributed by atoms with Crippen LogP contribution in [0.4, 0.5) is 11.4 Å². The molecule has 3 aromatic rings. The zero-order chi connectivity index (χ0) is 36.6. The molecule has 3 heterocycles. The Kier molecular flexibility index (Phi) is 10.8. The third-order valence-corrected chi connectivity index (χ3v) is 10.4. The van der Waals surface area contributed by atoms with Gasteiger partial charge in [0.05, 0.1) is 24.9 Å². The summed E-state index contributed by atoms with van der Waals surface area (Å²) in [6.45, 7) is 1.94. The van der Waals surface area contributed by atoms with Gasteiger partial charge in [0.15, 0.2) is 18.0 Å². The molecule has 0 spiro atoms. The number of ether oxygens (including phenoxy) is 1. The van der Waals surface area contributed by atoms with E-state index in [-0.39, 0.29) is 37.2 Å². The van der Waals surface area contributed by atoms with Crippen molar-refractivity contribution in [3.63, 3.8) is 0 Å². The van der Waals surface area contributed by atoms with Crippen molar-refractivity contribution in [2.45, 2.75) is 75.2 Å². The molecule has 0 aliphatic carbocycles. The summed E-state index contributed by atoms with van der Waals surface area (Å²) in [6.07, 6.45) is -5.06. The number of rotatable bonds is 9. The molecular weight excluding hydrogens is 726 g/mol. The number of carbonyl (C=O) groups is 3. The number of aliphatic hydroxyl groups is 6. The maximum Gasteiger partial charge on any atom is 0.264 e. The third-order valence-electron chi connectivity index (χ3n) is 9.88. The number of nitrogens with one attached hydrogen (secondary N) is 1. The molecule has 0 saturated carbocycles. The lowest BCUT2D eigenvalue weighted by Crippen LogP contribution is -2.60. The highest BCUT2D eigenvalue weighted by atomic mass is 79.9. The maximum absolute atomic E-state index is 14.1. The van der Waals surface area contributed by atoms with E-state index in [1.807, 2.05) is 24.3 Å². The van der Waals surface area contributed by atoms with Crippen LogP contribution in [0.25, 0.3) is 0 Å². The largest absolute Gasteiger partial charge is 0.394 e. The summed E-state index contributed by atoms with van der Waals surface area (Å²) in [5.74, 6) is -2.38. The van der Waals surface area contributed by atoms with Gasteiger partial charge >= 0.3 is 0 Å². The first-order valence-electron chi connectivity index (χ1n) is 16.6. The number of carbonyl (C=O) groups excluding carboxylic acids is 3.